The van der Waals surface area contributed by atoms with Crippen molar-refractivity contribution in [2.45, 2.75) is 13.0 Å². The molecule has 0 bridgehead atoms. The molecular formula is C17H15BrN4O3. The molecule has 7 nitrogen and oxygen atoms in total. The normalized spacial score (nSPS) is 14.3. The van der Waals surface area contributed by atoms with Gasteiger partial charge in [-0.05, 0) is 47.1 Å². The van der Waals surface area contributed by atoms with Crippen molar-refractivity contribution in [3.8, 4) is 11.5 Å². The van der Waals surface area contributed by atoms with Gasteiger partial charge in [0.1, 0.15) is 13.2 Å². The lowest BCUT2D eigenvalue weighted by Gasteiger charge is -2.20. The fourth-order valence-electron chi connectivity index (χ4n) is 2.74. The summed E-state index contributed by atoms with van der Waals surface area (Å²) in [5.41, 5.74) is 1.22. The third-order valence-electron chi connectivity index (χ3n) is 3.93. The second-order valence-electron chi connectivity index (χ2n) is 5.66. The molecule has 1 aromatic carbocycles. The summed E-state index contributed by atoms with van der Waals surface area (Å²) in [5.74, 6) is 1.63. The lowest BCUT2D eigenvalue weighted by atomic mass is 10.1. The lowest BCUT2D eigenvalue weighted by Crippen LogP contribution is -2.28. The highest BCUT2D eigenvalue weighted by Gasteiger charge is 2.21. The molecule has 0 unspecified atom stereocenters. The molecule has 1 aliphatic heterocycles. The third kappa shape index (κ3) is 2.93. The Labute approximate surface area is 152 Å². The molecule has 0 aliphatic carbocycles. The molecule has 1 aliphatic rings. The number of ether oxygens (including phenoxy) is 2. The molecule has 0 spiro atoms. The number of hydrogen-bond acceptors (Lipinski definition) is 5. The van der Waals surface area contributed by atoms with Gasteiger partial charge in [0.05, 0.1) is 10.5 Å². The van der Waals surface area contributed by atoms with Crippen LogP contribution < -0.4 is 14.8 Å². The number of carbonyl (C=O) groups is 1. The van der Waals surface area contributed by atoms with Gasteiger partial charge in [0.2, 0.25) is 0 Å². The Kier molecular flexibility index (Phi) is 4.04. The Hall–Kier alpha value is -2.61. The number of hydrogen-bond donors (Lipinski definition) is 1. The first kappa shape index (κ1) is 15.9. The highest BCUT2D eigenvalue weighted by Crippen LogP contribution is 2.38. The van der Waals surface area contributed by atoms with Crippen LogP contribution in [0.3, 0.4) is 0 Å². The minimum atomic E-state index is -0.308. The summed E-state index contributed by atoms with van der Waals surface area (Å²) in [4.78, 5) is 12.6. The van der Waals surface area contributed by atoms with Crippen molar-refractivity contribution < 1.29 is 14.3 Å². The van der Waals surface area contributed by atoms with Gasteiger partial charge < -0.3 is 14.8 Å². The number of nitrogens with one attached hydrogen (secondary N) is 1. The fourth-order valence-corrected chi connectivity index (χ4v) is 3.30. The zero-order valence-electron chi connectivity index (χ0n) is 13.4. The number of amides is 1. The van der Waals surface area contributed by atoms with Gasteiger partial charge in [-0.3, -0.25) is 9.20 Å². The number of fused-ring (bicyclic) bond motifs is 2. The monoisotopic (exact) mass is 402 g/mol. The molecular weight excluding hydrogens is 388 g/mol. The molecule has 8 heteroatoms. The molecule has 3 heterocycles. The minimum Gasteiger partial charge on any atom is -0.486 e. The van der Waals surface area contributed by atoms with E-state index in [-0.39, 0.29) is 11.9 Å². The predicted octanol–water partition coefficient (Wildman–Crippen LogP) is 2.75. The van der Waals surface area contributed by atoms with E-state index in [4.69, 9.17) is 9.47 Å². The van der Waals surface area contributed by atoms with E-state index < -0.39 is 0 Å². The van der Waals surface area contributed by atoms with Gasteiger partial charge in [-0.2, -0.15) is 0 Å². The molecule has 0 saturated carbocycles. The molecule has 25 heavy (non-hydrogen) atoms. The van der Waals surface area contributed by atoms with E-state index in [1.165, 1.54) is 0 Å². The quantitative estimate of drug-likeness (QED) is 0.728. The van der Waals surface area contributed by atoms with Gasteiger partial charge in [-0.1, -0.05) is 6.07 Å². The summed E-state index contributed by atoms with van der Waals surface area (Å²) < 4.78 is 13.7. The number of rotatable bonds is 3. The summed E-state index contributed by atoms with van der Waals surface area (Å²) in [7, 11) is 0. The van der Waals surface area contributed by atoms with Crippen LogP contribution in [-0.2, 0) is 0 Å². The number of pyridine rings is 1. The number of benzene rings is 1. The van der Waals surface area contributed by atoms with E-state index >= 15 is 0 Å². The van der Waals surface area contributed by atoms with Crippen LogP contribution in [0, 0.1) is 0 Å². The maximum Gasteiger partial charge on any atom is 0.252 e. The van der Waals surface area contributed by atoms with Gasteiger partial charge in [-0.15, -0.1) is 10.2 Å². The predicted molar refractivity (Wildman–Crippen MR) is 94.0 cm³/mol. The minimum absolute atomic E-state index is 0.224. The molecule has 1 atom stereocenters. The fraction of sp³-hybridized carbons (Fsp3) is 0.235. The van der Waals surface area contributed by atoms with E-state index in [1.54, 1.807) is 12.1 Å². The summed E-state index contributed by atoms with van der Waals surface area (Å²) >= 11 is 3.43. The van der Waals surface area contributed by atoms with Gasteiger partial charge in [0.15, 0.2) is 23.0 Å². The second kappa shape index (κ2) is 6.36. The average Bonchev–Trinajstić information content (AvgIpc) is 3.06. The number of aromatic nitrogens is 3. The zero-order chi connectivity index (χ0) is 17.4. The lowest BCUT2D eigenvalue weighted by molar-refractivity contribution is 0.0936. The van der Waals surface area contributed by atoms with E-state index in [0.717, 1.165) is 5.65 Å². The summed E-state index contributed by atoms with van der Waals surface area (Å²) in [6.07, 6.45) is 1.87. The molecule has 3 aromatic rings. The van der Waals surface area contributed by atoms with Crippen LogP contribution in [0.4, 0.5) is 0 Å². The van der Waals surface area contributed by atoms with E-state index in [2.05, 4.69) is 31.4 Å². The van der Waals surface area contributed by atoms with Crippen molar-refractivity contribution in [2.24, 2.45) is 0 Å². The highest BCUT2D eigenvalue weighted by molar-refractivity contribution is 9.10. The van der Waals surface area contributed by atoms with Crippen LogP contribution in [0.1, 0.15) is 29.1 Å². The molecule has 2 aromatic heterocycles. The average molecular weight is 403 g/mol. The smallest absolute Gasteiger partial charge is 0.252 e. The maximum atomic E-state index is 12.6. The first-order chi connectivity index (χ1) is 12.1. The van der Waals surface area contributed by atoms with Crippen molar-refractivity contribution >= 4 is 27.5 Å². The molecule has 0 fully saturated rings. The number of halogens is 1. The van der Waals surface area contributed by atoms with Gasteiger partial charge in [-0.25, -0.2) is 0 Å². The number of carbonyl (C=O) groups excluding carboxylic acids is 1. The van der Waals surface area contributed by atoms with Crippen molar-refractivity contribution in [3.05, 3.63) is 52.4 Å². The van der Waals surface area contributed by atoms with Crippen LogP contribution in [-0.4, -0.2) is 33.7 Å². The topological polar surface area (TPSA) is 77.8 Å². The molecule has 128 valence electrons. The summed E-state index contributed by atoms with van der Waals surface area (Å²) in [5, 5.41) is 11.2. The van der Waals surface area contributed by atoms with E-state index in [0.29, 0.717) is 40.6 Å². The van der Waals surface area contributed by atoms with Gasteiger partial charge in [0.25, 0.3) is 5.91 Å². The van der Waals surface area contributed by atoms with Crippen molar-refractivity contribution in [2.75, 3.05) is 13.2 Å². The number of nitrogens with zero attached hydrogens (tertiary/aromatic N) is 3. The first-order valence-corrected chi connectivity index (χ1v) is 8.62. The Bertz CT molecular complexity index is 956. The largest absolute Gasteiger partial charge is 0.486 e. The molecule has 0 saturated heterocycles. The van der Waals surface area contributed by atoms with Crippen molar-refractivity contribution in [3.63, 3.8) is 0 Å². The summed E-state index contributed by atoms with van der Waals surface area (Å²) in [6.45, 7) is 2.83. The standard InChI is InChI=1S/C17H15BrN4O3/c1-10(16-21-20-14-4-2-3-5-22(14)16)19-17(23)11-8-12(18)15-13(9-11)24-6-7-25-15/h2-5,8-10H,6-7H2,1H3,(H,19,23)/t10-/m0/s1. The van der Waals surface area contributed by atoms with E-state index in [9.17, 15) is 4.79 Å². The molecule has 1 N–H and O–H groups in total. The Morgan fingerprint density at radius 3 is 3.00 bits per heavy atom. The SMILES string of the molecule is C[C@H](NC(=O)c1cc(Br)c2c(c1)OCCO2)c1nnc2ccccn12. The molecule has 0 radical (unpaired) electrons. The van der Waals surface area contributed by atoms with Crippen LogP contribution in [0.15, 0.2) is 41.0 Å². The van der Waals surface area contributed by atoms with E-state index in [1.807, 2.05) is 35.7 Å². The van der Waals surface area contributed by atoms with Gasteiger partial charge in [0, 0.05) is 11.8 Å². The molecule has 4 rings (SSSR count). The maximum absolute atomic E-state index is 12.6. The first-order valence-electron chi connectivity index (χ1n) is 7.83. The van der Waals surface area contributed by atoms with Crippen molar-refractivity contribution in [1.29, 1.82) is 0 Å². The summed E-state index contributed by atoms with van der Waals surface area (Å²) in [6, 6.07) is 8.75. The highest BCUT2D eigenvalue weighted by atomic mass is 79.9. The van der Waals surface area contributed by atoms with Crippen LogP contribution in [0.25, 0.3) is 5.65 Å². The molecule has 1 amide bonds. The third-order valence-corrected chi connectivity index (χ3v) is 4.52. The second-order valence-corrected chi connectivity index (χ2v) is 6.52. The zero-order valence-corrected chi connectivity index (χ0v) is 15.0. The van der Waals surface area contributed by atoms with Gasteiger partial charge >= 0.3 is 0 Å². The Morgan fingerprint density at radius 2 is 2.12 bits per heavy atom. The Morgan fingerprint density at radius 1 is 1.28 bits per heavy atom. The van der Waals surface area contributed by atoms with Crippen LogP contribution in [0.2, 0.25) is 0 Å². The Balaban J connectivity index is 1.58. The van der Waals surface area contributed by atoms with Crippen LogP contribution in [0.5, 0.6) is 11.5 Å². The van der Waals surface area contributed by atoms with Crippen LogP contribution >= 0.6 is 15.9 Å². The van der Waals surface area contributed by atoms with Crippen molar-refractivity contribution in [1.82, 2.24) is 19.9 Å².